The molecule has 0 saturated heterocycles. The number of nitro benzene ring substituents is 1. The molecule has 0 aliphatic carbocycles. The molecular weight excluding hydrogens is 396 g/mol. The Hall–Kier alpha value is -3.71. The minimum atomic E-state index is -0.668. The highest BCUT2D eigenvalue weighted by atomic mass is 35.5. The summed E-state index contributed by atoms with van der Waals surface area (Å²) < 4.78 is 10.9. The molecule has 0 fully saturated rings. The molecular formula is C21H13ClN2O5. The maximum Gasteiger partial charge on any atom is 0.363 e. The van der Waals surface area contributed by atoms with E-state index in [-0.39, 0.29) is 17.3 Å². The molecule has 29 heavy (non-hydrogen) atoms. The molecule has 0 radical (unpaired) electrons. The molecule has 0 saturated carbocycles. The van der Waals surface area contributed by atoms with Gasteiger partial charge in [-0.05, 0) is 37.3 Å². The SMILES string of the molecule is Cc1ccc(C2=N/C(=C\c3ccc(-c4ccccc4Cl)o3)C(=O)O2)cc1[N+](=O)[O-]. The first-order valence-electron chi connectivity index (χ1n) is 8.55. The van der Waals surface area contributed by atoms with Gasteiger partial charge in [0.25, 0.3) is 5.69 Å². The predicted molar refractivity (Wildman–Crippen MR) is 108 cm³/mol. The minimum absolute atomic E-state index is 0.00207. The lowest BCUT2D eigenvalue weighted by Crippen LogP contribution is -2.06. The fourth-order valence-electron chi connectivity index (χ4n) is 2.84. The average Bonchev–Trinajstić information content (AvgIpc) is 3.30. The summed E-state index contributed by atoms with van der Waals surface area (Å²) in [5.41, 5.74) is 1.53. The number of halogens is 1. The highest BCUT2D eigenvalue weighted by molar-refractivity contribution is 6.33. The van der Waals surface area contributed by atoms with Gasteiger partial charge in [-0.1, -0.05) is 29.8 Å². The van der Waals surface area contributed by atoms with Crippen molar-refractivity contribution >= 4 is 35.2 Å². The van der Waals surface area contributed by atoms with Crippen LogP contribution in [0.25, 0.3) is 17.4 Å². The summed E-state index contributed by atoms with van der Waals surface area (Å²) >= 11 is 6.18. The van der Waals surface area contributed by atoms with E-state index in [9.17, 15) is 14.9 Å². The van der Waals surface area contributed by atoms with Gasteiger partial charge in [0.05, 0.1) is 9.95 Å². The molecule has 0 spiro atoms. The predicted octanol–water partition coefficient (Wildman–Crippen LogP) is 5.16. The first-order valence-corrected chi connectivity index (χ1v) is 8.93. The van der Waals surface area contributed by atoms with Crippen molar-refractivity contribution in [2.24, 2.45) is 4.99 Å². The number of aryl methyl sites for hydroxylation is 1. The van der Waals surface area contributed by atoms with Crippen molar-refractivity contribution in [3.8, 4) is 11.3 Å². The van der Waals surface area contributed by atoms with Crippen molar-refractivity contribution in [1.82, 2.24) is 0 Å². The number of carbonyl (C=O) groups is 1. The maximum atomic E-state index is 12.2. The number of esters is 1. The molecule has 8 heteroatoms. The summed E-state index contributed by atoms with van der Waals surface area (Å²) in [6.07, 6.45) is 1.44. The Morgan fingerprint density at radius 2 is 1.93 bits per heavy atom. The first-order chi connectivity index (χ1) is 13.9. The molecule has 2 heterocycles. The van der Waals surface area contributed by atoms with Crippen LogP contribution in [-0.4, -0.2) is 16.8 Å². The highest BCUT2D eigenvalue weighted by Crippen LogP contribution is 2.30. The first kappa shape index (κ1) is 18.6. The van der Waals surface area contributed by atoms with Crippen LogP contribution < -0.4 is 0 Å². The number of rotatable bonds is 4. The van der Waals surface area contributed by atoms with Crippen molar-refractivity contribution in [1.29, 1.82) is 0 Å². The number of nitro groups is 1. The van der Waals surface area contributed by atoms with Gasteiger partial charge in [-0.15, -0.1) is 0 Å². The Kier molecular flexibility index (Phi) is 4.74. The van der Waals surface area contributed by atoms with Crippen LogP contribution in [0.5, 0.6) is 0 Å². The number of nitrogens with zero attached hydrogens (tertiary/aromatic N) is 2. The molecule has 0 N–H and O–H groups in total. The molecule has 1 aliphatic heterocycles. The van der Waals surface area contributed by atoms with E-state index in [1.54, 1.807) is 37.3 Å². The van der Waals surface area contributed by atoms with Crippen LogP contribution in [0.3, 0.4) is 0 Å². The zero-order valence-electron chi connectivity index (χ0n) is 15.1. The van der Waals surface area contributed by atoms with Gasteiger partial charge in [0.1, 0.15) is 11.5 Å². The van der Waals surface area contributed by atoms with Crippen LogP contribution in [0.4, 0.5) is 5.69 Å². The average molecular weight is 409 g/mol. The van der Waals surface area contributed by atoms with Crippen LogP contribution in [0.15, 0.2) is 69.7 Å². The van der Waals surface area contributed by atoms with Gasteiger partial charge >= 0.3 is 5.97 Å². The van der Waals surface area contributed by atoms with Gasteiger partial charge in [-0.25, -0.2) is 9.79 Å². The molecule has 3 aromatic rings. The van der Waals surface area contributed by atoms with Crippen molar-refractivity contribution in [3.63, 3.8) is 0 Å². The lowest BCUT2D eigenvalue weighted by molar-refractivity contribution is -0.385. The fraction of sp³-hybridized carbons (Fsp3) is 0.0476. The number of benzene rings is 2. The number of furan rings is 1. The second kappa shape index (κ2) is 7.37. The number of cyclic esters (lactones) is 1. The zero-order valence-corrected chi connectivity index (χ0v) is 15.8. The third-order valence-electron chi connectivity index (χ3n) is 4.32. The van der Waals surface area contributed by atoms with E-state index in [1.165, 1.54) is 12.1 Å². The van der Waals surface area contributed by atoms with E-state index in [4.69, 9.17) is 20.8 Å². The molecule has 0 amide bonds. The summed E-state index contributed by atoms with van der Waals surface area (Å²) in [6.45, 7) is 1.63. The monoisotopic (exact) mass is 408 g/mol. The molecule has 144 valence electrons. The number of hydrogen-bond donors (Lipinski definition) is 0. The maximum absolute atomic E-state index is 12.2. The van der Waals surface area contributed by atoms with Crippen LogP contribution >= 0.6 is 11.6 Å². The number of aliphatic imine (C=N–C) groups is 1. The minimum Gasteiger partial charge on any atom is -0.457 e. The topological polar surface area (TPSA) is 94.9 Å². The summed E-state index contributed by atoms with van der Waals surface area (Å²) in [4.78, 5) is 27.0. The lowest BCUT2D eigenvalue weighted by Gasteiger charge is -2.01. The molecule has 1 aromatic heterocycles. The van der Waals surface area contributed by atoms with Gasteiger partial charge in [-0.2, -0.15) is 0 Å². The van der Waals surface area contributed by atoms with Crippen LogP contribution in [-0.2, 0) is 9.53 Å². The molecule has 7 nitrogen and oxygen atoms in total. The Bertz CT molecular complexity index is 1210. The van der Waals surface area contributed by atoms with Crippen molar-refractivity contribution in [3.05, 3.63) is 92.3 Å². The third-order valence-corrected chi connectivity index (χ3v) is 4.65. The molecule has 0 bridgehead atoms. The van der Waals surface area contributed by atoms with Crippen molar-refractivity contribution in [2.45, 2.75) is 6.92 Å². The van der Waals surface area contributed by atoms with E-state index in [2.05, 4.69) is 4.99 Å². The smallest absolute Gasteiger partial charge is 0.363 e. The standard InChI is InChI=1S/C21H13ClN2O5/c1-12-6-7-13(10-18(12)24(26)27)20-23-17(21(25)29-20)11-14-8-9-19(28-14)15-4-2-3-5-16(15)22/h2-11H,1H3/b17-11-. The zero-order chi connectivity index (χ0) is 20.5. The number of hydrogen-bond acceptors (Lipinski definition) is 6. The van der Waals surface area contributed by atoms with Crippen LogP contribution in [0.1, 0.15) is 16.9 Å². The summed E-state index contributed by atoms with van der Waals surface area (Å²) in [5.74, 6) is 0.278. The Balaban J connectivity index is 1.65. The molecule has 0 atom stereocenters. The molecule has 4 rings (SSSR count). The van der Waals surface area contributed by atoms with Gasteiger partial charge in [0, 0.05) is 28.8 Å². The lowest BCUT2D eigenvalue weighted by atomic mass is 10.1. The van der Waals surface area contributed by atoms with E-state index < -0.39 is 10.9 Å². The van der Waals surface area contributed by atoms with E-state index in [1.807, 2.05) is 18.2 Å². The second-order valence-electron chi connectivity index (χ2n) is 6.28. The van der Waals surface area contributed by atoms with Gasteiger partial charge in [0.2, 0.25) is 5.90 Å². The fourth-order valence-corrected chi connectivity index (χ4v) is 3.07. The van der Waals surface area contributed by atoms with E-state index in [0.29, 0.717) is 27.7 Å². The van der Waals surface area contributed by atoms with E-state index >= 15 is 0 Å². The Labute approximate surface area is 170 Å². The quantitative estimate of drug-likeness (QED) is 0.257. The largest absolute Gasteiger partial charge is 0.457 e. The number of ether oxygens (including phenoxy) is 1. The van der Waals surface area contributed by atoms with Crippen LogP contribution in [0, 0.1) is 17.0 Å². The summed E-state index contributed by atoms with van der Waals surface area (Å²) in [6, 6.07) is 15.2. The van der Waals surface area contributed by atoms with Gasteiger partial charge in [-0.3, -0.25) is 10.1 Å². The molecule has 2 aromatic carbocycles. The summed E-state index contributed by atoms with van der Waals surface area (Å²) in [7, 11) is 0. The normalized spacial score (nSPS) is 14.8. The van der Waals surface area contributed by atoms with E-state index in [0.717, 1.165) is 5.56 Å². The third kappa shape index (κ3) is 3.68. The Morgan fingerprint density at radius 1 is 1.14 bits per heavy atom. The van der Waals surface area contributed by atoms with Gasteiger partial charge < -0.3 is 9.15 Å². The Morgan fingerprint density at radius 3 is 2.69 bits per heavy atom. The summed E-state index contributed by atoms with van der Waals surface area (Å²) in [5, 5.41) is 11.7. The van der Waals surface area contributed by atoms with Crippen LogP contribution in [0.2, 0.25) is 5.02 Å². The molecule has 1 aliphatic rings. The number of carbonyl (C=O) groups excluding carboxylic acids is 1. The van der Waals surface area contributed by atoms with Gasteiger partial charge in [0.15, 0.2) is 5.70 Å². The highest BCUT2D eigenvalue weighted by Gasteiger charge is 2.26. The molecule has 0 unspecified atom stereocenters. The second-order valence-corrected chi connectivity index (χ2v) is 6.68. The van der Waals surface area contributed by atoms with Crippen molar-refractivity contribution < 1.29 is 18.9 Å². The van der Waals surface area contributed by atoms with Crippen molar-refractivity contribution in [2.75, 3.05) is 0 Å².